The van der Waals surface area contributed by atoms with Crippen LogP contribution < -0.4 is 5.32 Å². The van der Waals surface area contributed by atoms with Crippen molar-refractivity contribution in [3.05, 3.63) is 0 Å². The van der Waals surface area contributed by atoms with Crippen LogP contribution in [-0.2, 0) is 9.16 Å². The molecule has 0 aromatic rings. The standard InChI is InChI=1S/C11H23NO2Si/c1-13-11(14-15(2,3)4)10(12-11)8-6-5-7-9-10/h12H,5-9H2,1-4H3. The Bertz CT molecular complexity index is 245. The summed E-state index contributed by atoms with van der Waals surface area (Å²) in [5.74, 6) is -0.447. The Labute approximate surface area is 93.7 Å². The van der Waals surface area contributed by atoms with Crippen molar-refractivity contribution in [3.63, 3.8) is 0 Å². The number of nitrogens with one attached hydrogen (secondary N) is 1. The molecule has 2 aliphatic rings. The summed E-state index contributed by atoms with van der Waals surface area (Å²) in [4.78, 5) is 0. The molecule has 1 atom stereocenters. The van der Waals surface area contributed by atoms with Gasteiger partial charge in [0.05, 0.1) is 5.54 Å². The SMILES string of the molecule is COC1(O[Si](C)(C)C)NC12CCCCC2. The van der Waals surface area contributed by atoms with Gasteiger partial charge in [-0.3, -0.25) is 5.32 Å². The molecule has 1 aliphatic heterocycles. The van der Waals surface area contributed by atoms with Crippen LogP contribution in [0.3, 0.4) is 0 Å². The summed E-state index contributed by atoms with van der Waals surface area (Å²) in [6, 6.07) is 0. The molecule has 1 saturated heterocycles. The van der Waals surface area contributed by atoms with Gasteiger partial charge in [0.2, 0.25) is 5.91 Å². The van der Waals surface area contributed by atoms with E-state index in [1.165, 1.54) is 32.1 Å². The van der Waals surface area contributed by atoms with Crippen LogP contribution in [0.1, 0.15) is 32.1 Å². The Hall–Kier alpha value is 0.0969. The molecule has 88 valence electrons. The lowest BCUT2D eigenvalue weighted by Crippen LogP contribution is -2.41. The zero-order chi connectivity index (χ0) is 11.2. The van der Waals surface area contributed by atoms with Gasteiger partial charge in [0.1, 0.15) is 0 Å². The second kappa shape index (κ2) is 3.55. The lowest BCUT2D eigenvalue weighted by Gasteiger charge is -2.30. The number of ether oxygens (including phenoxy) is 1. The zero-order valence-corrected chi connectivity index (χ0v) is 11.4. The summed E-state index contributed by atoms with van der Waals surface area (Å²) in [7, 11) is 0.212. The van der Waals surface area contributed by atoms with Crippen LogP contribution in [0.4, 0.5) is 0 Å². The minimum absolute atomic E-state index is 0.139. The highest BCUT2D eigenvalue weighted by Gasteiger charge is 2.70. The Morgan fingerprint density at radius 3 is 2.13 bits per heavy atom. The second-order valence-corrected chi connectivity index (χ2v) is 10.2. The van der Waals surface area contributed by atoms with Crippen molar-refractivity contribution in [1.29, 1.82) is 0 Å². The maximum Gasteiger partial charge on any atom is 0.237 e. The summed E-state index contributed by atoms with van der Waals surface area (Å²) in [6.07, 6.45) is 6.35. The molecule has 15 heavy (non-hydrogen) atoms. The number of rotatable bonds is 3. The molecule has 3 nitrogen and oxygen atoms in total. The molecule has 1 unspecified atom stereocenters. The highest BCUT2D eigenvalue weighted by atomic mass is 28.4. The van der Waals surface area contributed by atoms with E-state index in [0.717, 1.165) is 0 Å². The van der Waals surface area contributed by atoms with Crippen molar-refractivity contribution >= 4 is 8.32 Å². The first-order valence-electron chi connectivity index (χ1n) is 5.98. The molecule has 0 amide bonds. The van der Waals surface area contributed by atoms with E-state index < -0.39 is 14.2 Å². The third-order valence-corrected chi connectivity index (χ3v) is 4.32. The molecule has 1 N–H and O–H groups in total. The van der Waals surface area contributed by atoms with Gasteiger partial charge >= 0.3 is 0 Å². The molecule has 0 aromatic heterocycles. The first-order valence-corrected chi connectivity index (χ1v) is 9.39. The first kappa shape index (κ1) is 11.6. The van der Waals surface area contributed by atoms with Crippen LogP contribution >= 0.6 is 0 Å². The summed E-state index contributed by atoms with van der Waals surface area (Å²) >= 11 is 0. The summed E-state index contributed by atoms with van der Waals surface area (Å²) in [5.41, 5.74) is 0.139. The van der Waals surface area contributed by atoms with E-state index in [4.69, 9.17) is 9.16 Å². The maximum atomic E-state index is 6.18. The quantitative estimate of drug-likeness (QED) is 0.459. The van der Waals surface area contributed by atoms with Gasteiger partial charge in [-0.2, -0.15) is 0 Å². The smallest absolute Gasteiger partial charge is 0.237 e. The van der Waals surface area contributed by atoms with Crippen LogP contribution in [0.5, 0.6) is 0 Å². The molecule has 2 fully saturated rings. The van der Waals surface area contributed by atoms with Gasteiger partial charge < -0.3 is 9.16 Å². The van der Waals surface area contributed by atoms with Crippen molar-refractivity contribution in [3.8, 4) is 0 Å². The topological polar surface area (TPSA) is 40.4 Å². The minimum atomic E-state index is -1.55. The highest BCUT2D eigenvalue weighted by molar-refractivity contribution is 6.69. The predicted molar refractivity (Wildman–Crippen MR) is 63.1 cm³/mol. The number of hydrogen-bond acceptors (Lipinski definition) is 3. The third kappa shape index (κ3) is 2.00. The van der Waals surface area contributed by atoms with E-state index in [2.05, 4.69) is 25.0 Å². The van der Waals surface area contributed by atoms with Crippen molar-refractivity contribution < 1.29 is 9.16 Å². The first-order chi connectivity index (χ1) is 6.93. The molecule has 0 radical (unpaired) electrons. The van der Waals surface area contributed by atoms with Crippen molar-refractivity contribution in [2.75, 3.05) is 7.11 Å². The molecule has 1 saturated carbocycles. The monoisotopic (exact) mass is 229 g/mol. The van der Waals surface area contributed by atoms with Crippen molar-refractivity contribution in [2.24, 2.45) is 0 Å². The largest absolute Gasteiger partial charge is 0.378 e. The molecule has 1 spiro atoms. The third-order valence-electron chi connectivity index (χ3n) is 3.42. The van der Waals surface area contributed by atoms with E-state index in [1.54, 1.807) is 7.11 Å². The lowest BCUT2D eigenvalue weighted by molar-refractivity contribution is -0.112. The predicted octanol–water partition coefficient (Wildman–Crippen LogP) is 2.44. The minimum Gasteiger partial charge on any atom is -0.378 e. The van der Waals surface area contributed by atoms with E-state index in [9.17, 15) is 0 Å². The van der Waals surface area contributed by atoms with Crippen molar-refractivity contribution in [1.82, 2.24) is 5.32 Å². The Balaban J connectivity index is 2.06. The van der Waals surface area contributed by atoms with Gasteiger partial charge in [-0.15, -0.1) is 0 Å². The van der Waals surface area contributed by atoms with Gasteiger partial charge in [-0.05, 0) is 32.5 Å². The van der Waals surface area contributed by atoms with Crippen LogP contribution in [0.2, 0.25) is 19.6 Å². The molecule has 2 rings (SSSR count). The fraction of sp³-hybridized carbons (Fsp3) is 1.00. The number of hydrogen-bond donors (Lipinski definition) is 1. The molecule has 0 bridgehead atoms. The summed E-state index contributed by atoms with van der Waals surface area (Å²) in [5, 5.41) is 3.49. The van der Waals surface area contributed by atoms with Crippen LogP contribution in [-0.4, -0.2) is 26.9 Å². The molecule has 1 heterocycles. The van der Waals surface area contributed by atoms with Crippen molar-refractivity contribution in [2.45, 2.75) is 63.2 Å². The van der Waals surface area contributed by atoms with Gasteiger partial charge in [0, 0.05) is 7.11 Å². The average Bonchev–Trinajstić information content (AvgIpc) is 2.71. The lowest BCUT2D eigenvalue weighted by atomic mass is 9.87. The fourth-order valence-corrected chi connectivity index (χ4v) is 3.93. The molecule has 4 heteroatoms. The number of methoxy groups -OCH3 is 1. The van der Waals surface area contributed by atoms with Crippen LogP contribution in [0.25, 0.3) is 0 Å². The zero-order valence-electron chi connectivity index (χ0n) is 10.4. The maximum absolute atomic E-state index is 6.18. The van der Waals surface area contributed by atoms with Gasteiger partial charge in [-0.25, -0.2) is 0 Å². The van der Waals surface area contributed by atoms with Gasteiger partial charge in [0.15, 0.2) is 8.32 Å². The van der Waals surface area contributed by atoms with Crippen LogP contribution in [0.15, 0.2) is 0 Å². The fourth-order valence-electron chi connectivity index (χ4n) is 2.74. The summed E-state index contributed by atoms with van der Waals surface area (Å²) < 4.78 is 11.8. The van der Waals surface area contributed by atoms with Gasteiger partial charge in [0.25, 0.3) is 0 Å². The molecular formula is C11H23NO2Si. The van der Waals surface area contributed by atoms with E-state index >= 15 is 0 Å². The Morgan fingerprint density at radius 1 is 1.07 bits per heavy atom. The van der Waals surface area contributed by atoms with Gasteiger partial charge in [-0.1, -0.05) is 19.3 Å². The van der Waals surface area contributed by atoms with E-state index in [1.807, 2.05) is 0 Å². The summed E-state index contributed by atoms with van der Waals surface area (Å²) in [6.45, 7) is 6.64. The van der Waals surface area contributed by atoms with E-state index in [0.29, 0.717) is 0 Å². The molecule has 0 aromatic carbocycles. The second-order valence-electron chi connectivity index (χ2n) is 5.80. The Kier molecular flexibility index (Phi) is 2.74. The highest BCUT2D eigenvalue weighted by Crippen LogP contribution is 2.51. The Morgan fingerprint density at radius 2 is 1.67 bits per heavy atom. The normalized spacial score (nSPS) is 34.4. The molecular weight excluding hydrogens is 206 g/mol. The van der Waals surface area contributed by atoms with Crippen LogP contribution in [0, 0.1) is 0 Å². The molecule has 1 aliphatic carbocycles. The average molecular weight is 229 g/mol. The van der Waals surface area contributed by atoms with E-state index in [-0.39, 0.29) is 5.54 Å².